The molecule has 0 spiro atoms. The van der Waals surface area contributed by atoms with Crippen LogP contribution in [0.4, 0.5) is 0 Å². The zero-order valence-corrected chi connectivity index (χ0v) is 16.8. The summed E-state index contributed by atoms with van der Waals surface area (Å²) in [6, 6.07) is 9.30. The van der Waals surface area contributed by atoms with Crippen molar-refractivity contribution in [1.82, 2.24) is 24.8 Å². The van der Waals surface area contributed by atoms with Gasteiger partial charge in [0.1, 0.15) is 12.2 Å². The second kappa shape index (κ2) is 8.69. The van der Waals surface area contributed by atoms with Crippen molar-refractivity contribution in [3.05, 3.63) is 71.7 Å². The first-order chi connectivity index (χ1) is 13.5. The first-order valence-corrected chi connectivity index (χ1v) is 9.47. The summed E-state index contributed by atoms with van der Waals surface area (Å²) in [5.74, 6) is 0.693. The Morgan fingerprint density at radius 3 is 2.54 bits per heavy atom. The zero-order valence-electron chi connectivity index (χ0n) is 16.8. The highest BCUT2D eigenvalue weighted by molar-refractivity contribution is 5.94. The molecule has 144 valence electrons. The summed E-state index contributed by atoms with van der Waals surface area (Å²) in [4.78, 5) is 31.7. The van der Waals surface area contributed by atoms with Crippen molar-refractivity contribution in [2.75, 3.05) is 7.05 Å². The molecule has 0 aliphatic heterocycles. The van der Waals surface area contributed by atoms with E-state index < -0.39 is 0 Å². The molecule has 6 heteroatoms. The molecule has 2 heterocycles. The number of carbonyl (C=O) groups excluding carboxylic acids is 1. The molecule has 0 fully saturated rings. The maximum Gasteiger partial charge on any atom is 0.254 e. The Kier molecular flexibility index (Phi) is 6.09. The van der Waals surface area contributed by atoms with Crippen LogP contribution in [-0.2, 0) is 6.42 Å². The molecule has 0 aliphatic rings. The fourth-order valence-corrected chi connectivity index (χ4v) is 3.09. The zero-order chi connectivity index (χ0) is 20.1. The number of hydrogen-bond acceptors (Lipinski definition) is 5. The fraction of sp³-hybridized carbons (Fsp3) is 0.318. The topological polar surface area (TPSA) is 71.9 Å². The van der Waals surface area contributed by atoms with E-state index in [1.165, 1.54) is 6.33 Å². The van der Waals surface area contributed by atoms with E-state index in [4.69, 9.17) is 0 Å². The van der Waals surface area contributed by atoms with Gasteiger partial charge in [-0.05, 0) is 44.0 Å². The molecule has 6 nitrogen and oxygen atoms in total. The van der Waals surface area contributed by atoms with E-state index in [1.54, 1.807) is 18.1 Å². The average Bonchev–Trinajstić information content (AvgIpc) is 2.74. The molecule has 3 aromatic rings. The maximum atomic E-state index is 12.9. The van der Waals surface area contributed by atoms with Gasteiger partial charge in [0, 0.05) is 30.6 Å². The molecule has 0 saturated carbocycles. The number of nitrogens with zero attached hydrogens (tertiary/aromatic N) is 5. The molecule has 0 bridgehead atoms. The molecule has 0 aliphatic carbocycles. The first kappa shape index (κ1) is 19.6. The van der Waals surface area contributed by atoms with Gasteiger partial charge in [0.2, 0.25) is 0 Å². The van der Waals surface area contributed by atoms with Gasteiger partial charge in [-0.3, -0.25) is 4.79 Å². The van der Waals surface area contributed by atoms with Crippen LogP contribution in [-0.4, -0.2) is 37.8 Å². The van der Waals surface area contributed by atoms with E-state index in [1.807, 2.05) is 50.4 Å². The summed E-state index contributed by atoms with van der Waals surface area (Å²) in [7, 11) is 1.79. The largest absolute Gasteiger partial charge is 0.333 e. The Balaban J connectivity index is 1.83. The highest BCUT2D eigenvalue weighted by Crippen LogP contribution is 2.24. The smallest absolute Gasteiger partial charge is 0.254 e. The normalized spacial score (nSPS) is 11.9. The van der Waals surface area contributed by atoms with Gasteiger partial charge >= 0.3 is 0 Å². The molecule has 1 atom stereocenters. The third kappa shape index (κ3) is 4.22. The van der Waals surface area contributed by atoms with Gasteiger partial charge in [-0.25, -0.2) is 19.9 Å². The Labute approximate surface area is 165 Å². The number of amides is 1. The van der Waals surface area contributed by atoms with E-state index in [2.05, 4.69) is 26.9 Å². The van der Waals surface area contributed by atoms with Crippen LogP contribution in [0.5, 0.6) is 0 Å². The van der Waals surface area contributed by atoms with E-state index in [-0.39, 0.29) is 11.9 Å². The van der Waals surface area contributed by atoms with Crippen molar-refractivity contribution in [2.45, 2.75) is 39.7 Å². The summed E-state index contributed by atoms with van der Waals surface area (Å²) in [6.45, 7) is 5.98. The van der Waals surface area contributed by atoms with Crippen LogP contribution in [0, 0.1) is 6.92 Å². The van der Waals surface area contributed by atoms with Crippen LogP contribution in [0.3, 0.4) is 0 Å². The van der Waals surface area contributed by atoms with E-state index in [0.717, 1.165) is 41.2 Å². The number of rotatable bonds is 6. The van der Waals surface area contributed by atoms with Crippen LogP contribution in [0.15, 0.2) is 49.1 Å². The lowest BCUT2D eigenvalue weighted by molar-refractivity contribution is 0.0739. The minimum absolute atomic E-state index is 0.0506. The van der Waals surface area contributed by atoms with Crippen molar-refractivity contribution < 1.29 is 4.79 Å². The third-order valence-corrected chi connectivity index (χ3v) is 4.84. The molecular weight excluding hydrogens is 350 g/mol. The molecule has 28 heavy (non-hydrogen) atoms. The summed E-state index contributed by atoms with van der Waals surface area (Å²) in [6.07, 6.45) is 7.04. The first-order valence-electron chi connectivity index (χ1n) is 9.47. The van der Waals surface area contributed by atoms with E-state index in [9.17, 15) is 4.79 Å². The predicted molar refractivity (Wildman–Crippen MR) is 109 cm³/mol. The fourth-order valence-electron chi connectivity index (χ4n) is 3.09. The Hall–Kier alpha value is -3.15. The van der Waals surface area contributed by atoms with E-state index in [0.29, 0.717) is 5.56 Å². The van der Waals surface area contributed by atoms with Gasteiger partial charge in [-0.15, -0.1) is 0 Å². The summed E-state index contributed by atoms with van der Waals surface area (Å²) >= 11 is 0. The van der Waals surface area contributed by atoms with Crippen molar-refractivity contribution in [3.8, 4) is 11.3 Å². The van der Waals surface area contributed by atoms with Crippen molar-refractivity contribution in [1.29, 1.82) is 0 Å². The van der Waals surface area contributed by atoms with Crippen LogP contribution >= 0.6 is 0 Å². The minimum atomic E-state index is -0.143. The standard InChI is InChI=1S/C22H25N5O/c1-5-6-19-13-24-16(3)26-21(19)17-7-9-18(10-8-17)22(28)27(4)15(2)20-11-12-23-14-25-20/h7-15H,5-6H2,1-4H3. The molecule has 1 unspecified atom stereocenters. The van der Waals surface area contributed by atoms with Crippen LogP contribution in [0.1, 0.15) is 53.7 Å². The Morgan fingerprint density at radius 1 is 1.14 bits per heavy atom. The summed E-state index contributed by atoms with van der Waals surface area (Å²) in [5.41, 5.74) is 4.51. The highest BCUT2D eigenvalue weighted by atomic mass is 16.2. The number of aryl methyl sites for hydroxylation is 2. The molecule has 0 N–H and O–H groups in total. The molecular formula is C22H25N5O. The van der Waals surface area contributed by atoms with Crippen molar-refractivity contribution in [2.24, 2.45) is 0 Å². The lowest BCUT2D eigenvalue weighted by Crippen LogP contribution is -2.30. The monoisotopic (exact) mass is 375 g/mol. The van der Waals surface area contributed by atoms with Crippen molar-refractivity contribution >= 4 is 5.91 Å². The Bertz CT molecular complexity index is 941. The van der Waals surface area contributed by atoms with Gasteiger partial charge in [0.05, 0.1) is 17.4 Å². The average molecular weight is 375 g/mol. The summed E-state index contributed by atoms with van der Waals surface area (Å²) < 4.78 is 0. The molecule has 1 amide bonds. The number of aromatic nitrogens is 4. The highest BCUT2D eigenvalue weighted by Gasteiger charge is 2.20. The van der Waals surface area contributed by atoms with Gasteiger partial charge in [0.25, 0.3) is 5.91 Å². The minimum Gasteiger partial charge on any atom is -0.333 e. The van der Waals surface area contributed by atoms with Gasteiger partial charge in [-0.1, -0.05) is 25.5 Å². The molecule has 0 saturated heterocycles. The predicted octanol–water partition coefficient (Wildman–Crippen LogP) is 4.03. The quantitative estimate of drug-likeness (QED) is 0.650. The Morgan fingerprint density at radius 2 is 1.89 bits per heavy atom. The lowest BCUT2D eigenvalue weighted by Gasteiger charge is -2.24. The van der Waals surface area contributed by atoms with Crippen LogP contribution in [0.2, 0.25) is 0 Å². The molecule has 0 radical (unpaired) electrons. The second-order valence-corrected chi connectivity index (χ2v) is 6.84. The summed E-state index contributed by atoms with van der Waals surface area (Å²) in [5, 5.41) is 0. The third-order valence-electron chi connectivity index (χ3n) is 4.84. The number of benzene rings is 1. The second-order valence-electron chi connectivity index (χ2n) is 6.84. The van der Waals surface area contributed by atoms with Gasteiger partial charge in [0.15, 0.2) is 0 Å². The van der Waals surface area contributed by atoms with Crippen LogP contribution < -0.4 is 0 Å². The molecule has 2 aromatic heterocycles. The van der Waals surface area contributed by atoms with Gasteiger partial charge < -0.3 is 4.90 Å². The number of hydrogen-bond donors (Lipinski definition) is 0. The van der Waals surface area contributed by atoms with E-state index >= 15 is 0 Å². The molecule has 3 rings (SSSR count). The van der Waals surface area contributed by atoms with Gasteiger partial charge in [-0.2, -0.15) is 0 Å². The number of carbonyl (C=O) groups is 1. The van der Waals surface area contributed by atoms with Crippen LogP contribution in [0.25, 0.3) is 11.3 Å². The SMILES string of the molecule is CCCc1cnc(C)nc1-c1ccc(C(=O)N(C)C(C)c2ccncn2)cc1. The molecule has 1 aromatic carbocycles. The lowest BCUT2D eigenvalue weighted by atomic mass is 10.0. The maximum absolute atomic E-state index is 12.9. The van der Waals surface area contributed by atoms with Crippen molar-refractivity contribution in [3.63, 3.8) is 0 Å².